The number of benzene rings is 1. The molecule has 0 bridgehead atoms. The summed E-state index contributed by atoms with van der Waals surface area (Å²) in [5.74, 6) is 0.377. The molecule has 1 aromatic rings. The first-order valence-electron chi connectivity index (χ1n) is 11.3. The predicted molar refractivity (Wildman–Crippen MR) is 115 cm³/mol. The Hall–Kier alpha value is -1.71. The molecule has 0 aliphatic rings. The van der Waals surface area contributed by atoms with Crippen molar-refractivity contribution in [2.75, 3.05) is 13.2 Å². The molecule has 1 aromatic carbocycles. The van der Waals surface area contributed by atoms with Crippen molar-refractivity contribution in [3.63, 3.8) is 0 Å². The molecule has 1 N–H and O–H groups in total. The average Bonchev–Trinajstić information content (AvgIpc) is 2.70. The largest absolute Gasteiger partial charge is 0.494 e. The van der Waals surface area contributed by atoms with Gasteiger partial charge in [0.25, 0.3) is 0 Å². The minimum atomic E-state index is -0.974. The number of rotatable bonds is 19. The molecule has 0 unspecified atom stereocenters. The molecule has 0 heterocycles. The first-order valence-corrected chi connectivity index (χ1v) is 11.3. The minimum absolute atomic E-state index is 0.320. The Balaban J connectivity index is 1.85. The summed E-state index contributed by atoms with van der Waals surface area (Å²) in [6.07, 6.45) is 19.0. The third-order valence-electron chi connectivity index (χ3n) is 4.95. The molecule has 28 heavy (non-hydrogen) atoms. The molecule has 0 radical (unpaired) electrons. The number of ether oxygens (including phenoxy) is 2. The SMILES string of the molecule is CCCCCCCCCCCCCCCCOc1ccc(OCC(=O)O)cc1. The van der Waals surface area contributed by atoms with E-state index in [9.17, 15) is 4.79 Å². The van der Waals surface area contributed by atoms with Gasteiger partial charge in [0.1, 0.15) is 11.5 Å². The number of hydrogen-bond donors (Lipinski definition) is 1. The van der Waals surface area contributed by atoms with E-state index < -0.39 is 5.97 Å². The lowest BCUT2D eigenvalue weighted by Gasteiger charge is -2.08. The van der Waals surface area contributed by atoms with Crippen LogP contribution in [0.3, 0.4) is 0 Å². The van der Waals surface area contributed by atoms with Crippen LogP contribution in [0, 0.1) is 0 Å². The normalized spacial score (nSPS) is 10.8. The summed E-state index contributed by atoms with van der Waals surface area (Å²) in [6, 6.07) is 7.12. The van der Waals surface area contributed by atoms with Gasteiger partial charge in [-0.3, -0.25) is 0 Å². The summed E-state index contributed by atoms with van der Waals surface area (Å²) in [5.41, 5.74) is 0. The monoisotopic (exact) mass is 392 g/mol. The first-order chi connectivity index (χ1) is 13.7. The summed E-state index contributed by atoms with van der Waals surface area (Å²) >= 11 is 0. The number of hydrogen-bond acceptors (Lipinski definition) is 3. The van der Waals surface area contributed by atoms with Crippen molar-refractivity contribution in [2.24, 2.45) is 0 Å². The first kappa shape index (κ1) is 24.3. The number of aliphatic carboxylic acids is 1. The van der Waals surface area contributed by atoms with Gasteiger partial charge in [-0.15, -0.1) is 0 Å². The van der Waals surface area contributed by atoms with E-state index >= 15 is 0 Å². The Labute approximate surface area is 171 Å². The maximum Gasteiger partial charge on any atom is 0.341 e. The highest BCUT2D eigenvalue weighted by Crippen LogP contribution is 2.18. The fraction of sp³-hybridized carbons (Fsp3) is 0.708. The summed E-state index contributed by atoms with van der Waals surface area (Å²) in [7, 11) is 0. The summed E-state index contributed by atoms with van der Waals surface area (Å²) in [4.78, 5) is 10.5. The van der Waals surface area contributed by atoms with Gasteiger partial charge in [-0.25, -0.2) is 4.79 Å². The van der Waals surface area contributed by atoms with Crippen LogP contribution < -0.4 is 9.47 Å². The van der Waals surface area contributed by atoms with Gasteiger partial charge in [-0.1, -0.05) is 90.4 Å². The van der Waals surface area contributed by atoms with E-state index in [1.165, 1.54) is 83.5 Å². The summed E-state index contributed by atoms with van der Waals surface area (Å²) in [6.45, 7) is 2.68. The van der Waals surface area contributed by atoms with Gasteiger partial charge in [0.2, 0.25) is 0 Å². The Morgan fingerprint density at radius 2 is 1.07 bits per heavy atom. The fourth-order valence-electron chi connectivity index (χ4n) is 3.26. The second-order valence-corrected chi connectivity index (χ2v) is 7.60. The second kappa shape index (κ2) is 17.4. The van der Waals surface area contributed by atoms with Crippen LogP contribution in [0.15, 0.2) is 24.3 Å². The van der Waals surface area contributed by atoms with E-state index in [1.807, 2.05) is 12.1 Å². The number of carbonyl (C=O) groups is 1. The van der Waals surface area contributed by atoms with Crippen molar-refractivity contribution >= 4 is 5.97 Å². The van der Waals surface area contributed by atoms with E-state index in [2.05, 4.69) is 6.92 Å². The van der Waals surface area contributed by atoms with Crippen molar-refractivity contribution in [3.8, 4) is 11.5 Å². The molecule has 0 saturated carbocycles. The molecule has 0 aromatic heterocycles. The quantitative estimate of drug-likeness (QED) is 0.257. The molecule has 0 fully saturated rings. The standard InChI is InChI=1S/C24H40O4/c1-2-3-4-5-6-7-8-9-10-11-12-13-14-15-20-27-22-16-18-23(19-17-22)28-21-24(25)26/h16-19H,2-15,20-21H2,1H3,(H,25,26). The van der Waals surface area contributed by atoms with Gasteiger partial charge < -0.3 is 14.6 Å². The Kier molecular flexibility index (Phi) is 15.1. The molecular weight excluding hydrogens is 352 g/mol. The Bertz CT molecular complexity index is 484. The van der Waals surface area contributed by atoms with Gasteiger partial charge in [0, 0.05) is 0 Å². The summed E-state index contributed by atoms with van der Waals surface area (Å²) in [5, 5.41) is 8.58. The molecule has 0 saturated heterocycles. The van der Waals surface area contributed by atoms with Crippen LogP contribution in [0.2, 0.25) is 0 Å². The maximum atomic E-state index is 10.5. The molecule has 0 atom stereocenters. The second-order valence-electron chi connectivity index (χ2n) is 7.60. The number of carboxylic acids is 1. The molecule has 0 amide bonds. The lowest BCUT2D eigenvalue weighted by molar-refractivity contribution is -0.139. The van der Waals surface area contributed by atoms with E-state index in [4.69, 9.17) is 14.6 Å². The van der Waals surface area contributed by atoms with Crippen LogP contribution >= 0.6 is 0 Å². The zero-order valence-corrected chi connectivity index (χ0v) is 17.8. The van der Waals surface area contributed by atoms with Crippen LogP contribution in [0.25, 0.3) is 0 Å². The molecule has 160 valence electrons. The topological polar surface area (TPSA) is 55.8 Å². The third kappa shape index (κ3) is 14.4. The van der Waals surface area contributed by atoms with Crippen molar-refractivity contribution in [1.29, 1.82) is 0 Å². The highest BCUT2D eigenvalue weighted by Gasteiger charge is 2.00. The van der Waals surface area contributed by atoms with Gasteiger partial charge in [0.05, 0.1) is 6.61 Å². The van der Waals surface area contributed by atoms with Gasteiger partial charge in [-0.05, 0) is 30.7 Å². The molecular formula is C24H40O4. The molecule has 4 nitrogen and oxygen atoms in total. The van der Waals surface area contributed by atoms with Crippen LogP contribution in [-0.4, -0.2) is 24.3 Å². The highest BCUT2D eigenvalue weighted by molar-refractivity contribution is 5.68. The van der Waals surface area contributed by atoms with Crippen LogP contribution in [0.5, 0.6) is 11.5 Å². The van der Waals surface area contributed by atoms with Crippen molar-refractivity contribution in [1.82, 2.24) is 0 Å². The van der Waals surface area contributed by atoms with Crippen molar-refractivity contribution in [2.45, 2.75) is 96.8 Å². The molecule has 0 aliphatic carbocycles. The van der Waals surface area contributed by atoms with E-state index in [0.717, 1.165) is 18.8 Å². The van der Waals surface area contributed by atoms with Crippen molar-refractivity contribution in [3.05, 3.63) is 24.3 Å². The van der Waals surface area contributed by atoms with Crippen LogP contribution in [-0.2, 0) is 4.79 Å². The number of carboxylic acid groups (broad SMARTS) is 1. The average molecular weight is 393 g/mol. The van der Waals surface area contributed by atoms with Gasteiger partial charge in [-0.2, -0.15) is 0 Å². The Morgan fingerprint density at radius 1 is 0.679 bits per heavy atom. The molecule has 4 heteroatoms. The number of unbranched alkanes of at least 4 members (excludes halogenated alkanes) is 13. The summed E-state index contributed by atoms with van der Waals surface area (Å²) < 4.78 is 10.8. The minimum Gasteiger partial charge on any atom is -0.494 e. The smallest absolute Gasteiger partial charge is 0.341 e. The van der Waals surface area contributed by atoms with Gasteiger partial charge in [0.15, 0.2) is 6.61 Å². The molecule has 0 spiro atoms. The zero-order valence-electron chi connectivity index (χ0n) is 17.8. The third-order valence-corrected chi connectivity index (χ3v) is 4.95. The molecule has 1 rings (SSSR count). The van der Waals surface area contributed by atoms with E-state index in [0.29, 0.717) is 5.75 Å². The lowest BCUT2D eigenvalue weighted by atomic mass is 10.0. The van der Waals surface area contributed by atoms with Crippen LogP contribution in [0.4, 0.5) is 0 Å². The van der Waals surface area contributed by atoms with Crippen molar-refractivity contribution < 1.29 is 19.4 Å². The van der Waals surface area contributed by atoms with Gasteiger partial charge >= 0.3 is 5.97 Å². The Morgan fingerprint density at radius 3 is 1.50 bits per heavy atom. The van der Waals surface area contributed by atoms with Crippen LogP contribution in [0.1, 0.15) is 96.8 Å². The van der Waals surface area contributed by atoms with E-state index in [1.54, 1.807) is 12.1 Å². The zero-order chi connectivity index (χ0) is 20.3. The molecule has 0 aliphatic heterocycles. The van der Waals surface area contributed by atoms with E-state index in [-0.39, 0.29) is 6.61 Å². The maximum absolute atomic E-state index is 10.5. The lowest BCUT2D eigenvalue weighted by Crippen LogP contribution is -2.09. The predicted octanol–water partition coefficient (Wildman–Crippen LogP) is 7.01. The fourth-order valence-corrected chi connectivity index (χ4v) is 3.26. The highest BCUT2D eigenvalue weighted by atomic mass is 16.5.